The van der Waals surface area contributed by atoms with E-state index < -0.39 is 5.91 Å². The van der Waals surface area contributed by atoms with Gasteiger partial charge >= 0.3 is 0 Å². The highest BCUT2D eigenvalue weighted by Crippen LogP contribution is 2.09. The minimum atomic E-state index is -0.458. The highest BCUT2D eigenvalue weighted by molar-refractivity contribution is 6.04. The van der Waals surface area contributed by atoms with Crippen LogP contribution in [0.25, 0.3) is 0 Å². The molecule has 3 aromatic rings. The number of hydrogen-bond donors (Lipinski definition) is 1. The third kappa shape index (κ3) is 3.77. The molecule has 0 aliphatic rings. The molecule has 0 atom stereocenters. The molecule has 0 radical (unpaired) electrons. The van der Waals surface area contributed by atoms with E-state index in [1.54, 1.807) is 49.9 Å². The van der Waals surface area contributed by atoms with Crippen molar-refractivity contribution in [3.8, 4) is 0 Å². The SMILES string of the molecule is Cc1cnc(Cn2ccc(C)c(C(=O)Nc3cccnc3)c2=O)cn1. The molecule has 3 rings (SSSR count). The van der Waals surface area contributed by atoms with E-state index in [0.29, 0.717) is 16.9 Å². The van der Waals surface area contributed by atoms with E-state index in [-0.39, 0.29) is 17.7 Å². The molecule has 1 amide bonds. The Morgan fingerprint density at radius 3 is 2.68 bits per heavy atom. The number of nitrogens with zero attached hydrogens (tertiary/aromatic N) is 4. The molecule has 3 heterocycles. The number of amides is 1. The number of aryl methyl sites for hydroxylation is 2. The lowest BCUT2D eigenvalue weighted by atomic mass is 10.1. The minimum absolute atomic E-state index is 0.103. The Kier molecular flexibility index (Phi) is 4.65. The summed E-state index contributed by atoms with van der Waals surface area (Å²) >= 11 is 0. The molecule has 0 aromatic carbocycles. The summed E-state index contributed by atoms with van der Waals surface area (Å²) in [4.78, 5) is 37.6. The van der Waals surface area contributed by atoms with Gasteiger partial charge in [0.15, 0.2) is 0 Å². The summed E-state index contributed by atoms with van der Waals surface area (Å²) in [7, 11) is 0. The fourth-order valence-corrected chi connectivity index (χ4v) is 2.37. The van der Waals surface area contributed by atoms with E-state index >= 15 is 0 Å². The third-order valence-electron chi connectivity index (χ3n) is 3.69. The number of pyridine rings is 2. The summed E-state index contributed by atoms with van der Waals surface area (Å²) in [5, 5.41) is 2.70. The summed E-state index contributed by atoms with van der Waals surface area (Å²) < 4.78 is 1.45. The zero-order chi connectivity index (χ0) is 17.8. The van der Waals surface area contributed by atoms with Crippen molar-refractivity contribution in [3.63, 3.8) is 0 Å². The van der Waals surface area contributed by atoms with Crippen molar-refractivity contribution < 1.29 is 4.79 Å². The minimum Gasteiger partial charge on any atom is -0.320 e. The van der Waals surface area contributed by atoms with Gasteiger partial charge in [-0.1, -0.05) is 0 Å². The van der Waals surface area contributed by atoms with Crippen LogP contribution in [0.1, 0.15) is 27.3 Å². The smallest absolute Gasteiger partial charge is 0.264 e. The predicted molar refractivity (Wildman–Crippen MR) is 93.5 cm³/mol. The first-order valence-corrected chi connectivity index (χ1v) is 7.73. The molecule has 0 bridgehead atoms. The van der Waals surface area contributed by atoms with E-state index in [1.807, 2.05) is 6.92 Å². The number of carbonyl (C=O) groups is 1. The summed E-state index contributed by atoms with van der Waals surface area (Å²) in [5.74, 6) is -0.458. The lowest BCUT2D eigenvalue weighted by Gasteiger charge is -2.11. The Morgan fingerprint density at radius 2 is 2.00 bits per heavy atom. The van der Waals surface area contributed by atoms with Gasteiger partial charge in [-0.05, 0) is 37.6 Å². The maximum atomic E-state index is 12.7. The molecule has 7 heteroatoms. The van der Waals surface area contributed by atoms with Crippen LogP contribution in [0.5, 0.6) is 0 Å². The number of rotatable bonds is 4. The molecule has 0 aliphatic heterocycles. The first-order valence-electron chi connectivity index (χ1n) is 7.73. The Hall–Kier alpha value is -3.35. The Labute approximate surface area is 144 Å². The molecule has 126 valence electrons. The zero-order valence-electron chi connectivity index (χ0n) is 13.9. The number of nitrogens with one attached hydrogen (secondary N) is 1. The molecular weight excluding hydrogens is 318 g/mol. The molecule has 0 unspecified atom stereocenters. The molecule has 0 fully saturated rings. The van der Waals surface area contributed by atoms with Gasteiger partial charge in [-0.15, -0.1) is 0 Å². The van der Waals surface area contributed by atoms with Crippen molar-refractivity contribution >= 4 is 11.6 Å². The number of aromatic nitrogens is 4. The van der Waals surface area contributed by atoms with Crippen LogP contribution in [0.4, 0.5) is 5.69 Å². The Morgan fingerprint density at radius 1 is 1.16 bits per heavy atom. The Balaban J connectivity index is 1.90. The second-order valence-electron chi connectivity index (χ2n) is 5.65. The van der Waals surface area contributed by atoms with Crippen LogP contribution in [0.3, 0.4) is 0 Å². The normalized spacial score (nSPS) is 10.5. The average molecular weight is 335 g/mol. The van der Waals surface area contributed by atoms with Crippen molar-refractivity contribution in [1.29, 1.82) is 0 Å². The molecule has 25 heavy (non-hydrogen) atoms. The van der Waals surface area contributed by atoms with E-state index in [0.717, 1.165) is 5.69 Å². The number of carbonyl (C=O) groups excluding carboxylic acids is 1. The number of hydrogen-bond acceptors (Lipinski definition) is 5. The van der Waals surface area contributed by atoms with E-state index in [9.17, 15) is 9.59 Å². The quantitative estimate of drug-likeness (QED) is 0.787. The van der Waals surface area contributed by atoms with Gasteiger partial charge in [0.1, 0.15) is 5.56 Å². The second-order valence-corrected chi connectivity index (χ2v) is 5.65. The first kappa shape index (κ1) is 16.5. The molecule has 1 N–H and O–H groups in total. The topological polar surface area (TPSA) is 89.8 Å². The van der Waals surface area contributed by atoms with Crippen molar-refractivity contribution in [2.45, 2.75) is 20.4 Å². The highest BCUT2D eigenvalue weighted by Gasteiger charge is 2.16. The van der Waals surface area contributed by atoms with Crippen molar-refractivity contribution in [2.24, 2.45) is 0 Å². The molecule has 0 saturated heterocycles. The van der Waals surface area contributed by atoms with Gasteiger partial charge in [-0.25, -0.2) is 0 Å². The number of anilines is 1. The van der Waals surface area contributed by atoms with Gasteiger partial charge in [0.25, 0.3) is 11.5 Å². The molecule has 3 aromatic heterocycles. The zero-order valence-corrected chi connectivity index (χ0v) is 13.9. The van der Waals surface area contributed by atoms with Crippen molar-refractivity contribution in [1.82, 2.24) is 19.5 Å². The van der Waals surface area contributed by atoms with Gasteiger partial charge in [0.2, 0.25) is 0 Å². The maximum absolute atomic E-state index is 12.7. The monoisotopic (exact) mass is 335 g/mol. The van der Waals surface area contributed by atoms with Gasteiger partial charge in [0.05, 0.1) is 36.0 Å². The Bertz CT molecular complexity index is 949. The average Bonchev–Trinajstić information content (AvgIpc) is 2.60. The fraction of sp³-hybridized carbons (Fsp3) is 0.167. The summed E-state index contributed by atoms with van der Waals surface area (Å²) in [6.45, 7) is 3.82. The van der Waals surface area contributed by atoms with Crippen molar-refractivity contribution in [2.75, 3.05) is 5.32 Å². The molecule has 0 spiro atoms. The van der Waals surface area contributed by atoms with Crippen LogP contribution in [0.15, 0.2) is 54.0 Å². The maximum Gasteiger partial charge on any atom is 0.264 e. The largest absolute Gasteiger partial charge is 0.320 e. The summed E-state index contributed by atoms with van der Waals surface area (Å²) in [5.41, 5.74) is 2.32. The van der Waals surface area contributed by atoms with Gasteiger partial charge in [-0.3, -0.25) is 24.5 Å². The lowest BCUT2D eigenvalue weighted by molar-refractivity contribution is 0.102. The molecule has 0 aliphatic carbocycles. The van der Waals surface area contributed by atoms with Crippen LogP contribution < -0.4 is 10.9 Å². The van der Waals surface area contributed by atoms with Crippen LogP contribution >= 0.6 is 0 Å². The molecule has 7 nitrogen and oxygen atoms in total. The molecule has 0 saturated carbocycles. The van der Waals surface area contributed by atoms with Crippen molar-refractivity contribution in [3.05, 3.63) is 82.1 Å². The van der Waals surface area contributed by atoms with Gasteiger partial charge in [0, 0.05) is 18.6 Å². The fourth-order valence-electron chi connectivity index (χ4n) is 2.37. The third-order valence-corrected chi connectivity index (χ3v) is 3.69. The van der Waals surface area contributed by atoms with Gasteiger partial charge < -0.3 is 9.88 Å². The standard InChI is InChI=1S/C18H17N5O2/c1-12-5-7-23(11-15-10-20-13(2)8-21-15)18(25)16(12)17(24)22-14-4-3-6-19-9-14/h3-10H,11H2,1-2H3,(H,22,24). The predicted octanol–water partition coefficient (Wildman–Crippen LogP) is 1.95. The highest BCUT2D eigenvalue weighted by atomic mass is 16.2. The van der Waals surface area contributed by atoms with Crippen LogP contribution in [0, 0.1) is 13.8 Å². The lowest BCUT2D eigenvalue weighted by Crippen LogP contribution is -2.30. The van der Waals surface area contributed by atoms with Crippen LogP contribution in [-0.2, 0) is 6.54 Å². The van der Waals surface area contributed by atoms with E-state index in [1.165, 1.54) is 10.8 Å². The second kappa shape index (κ2) is 7.04. The molecular formula is C18H17N5O2. The summed E-state index contributed by atoms with van der Waals surface area (Å²) in [6, 6.07) is 5.16. The van der Waals surface area contributed by atoms with Crippen LogP contribution in [0.2, 0.25) is 0 Å². The van der Waals surface area contributed by atoms with E-state index in [2.05, 4.69) is 20.3 Å². The summed E-state index contributed by atoms with van der Waals surface area (Å²) in [6.07, 6.45) is 8.05. The van der Waals surface area contributed by atoms with E-state index in [4.69, 9.17) is 0 Å². The van der Waals surface area contributed by atoms with Crippen LogP contribution in [-0.4, -0.2) is 25.4 Å². The van der Waals surface area contributed by atoms with Gasteiger partial charge in [-0.2, -0.15) is 0 Å². The first-order chi connectivity index (χ1) is 12.0.